The van der Waals surface area contributed by atoms with Gasteiger partial charge in [0.25, 0.3) is 0 Å². The van der Waals surface area contributed by atoms with Gasteiger partial charge in [-0.2, -0.15) is 9.57 Å². The van der Waals surface area contributed by atoms with Crippen molar-refractivity contribution in [3.63, 3.8) is 0 Å². The molecule has 1 aromatic heterocycles. The average Bonchev–Trinajstić information content (AvgIpc) is 2.66. The molecule has 0 amide bonds. The Balaban J connectivity index is 1.67. The monoisotopic (exact) mass is 417 g/mol. The summed E-state index contributed by atoms with van der Waals surface area (Å²) in [6, 6.07) is 13.5. The second-order valence-electron chi connectivity index (χ2n) is 7.24. The number of nitrogens with zero attached hydrogens (tertiary/aromatic N) is 3. The molecule has 6 nitrogen and oxygen atoms in total. The summed E-state index contributed by atoms with van der Waals surface area (Å²) in [5.74, 6) is 0.0385. The third-order valence-corrected chi connectivity index (χ3v) is 7.49. The lowest BCUT2D eigenvalue weighted by molar-refractivity contribution is -0.926. The molecular weight excluding hydrogens is 392 g/mol. The highest BCUT2D eigenvalue weighted by molar-refractivity contribution is 7.88. The molecular formula is C20H25N4O2S2+. The summed E-state index contributed by atoms with van der Waals surface area (Å²) in [6.07, 6.45) is 0. The van der Waals surface area contributed by atoms with Gasteiger partial charge in [-0.15, -0.1) is 0 Å². The number of nitrogens with one attached hydrogen (secondary N) is 1. The van der Waals surface area contributed by atoms with Crippen molar-refractivity contribution >= 4 is 22.2 Å². The van der Waals surface area contributed by atoms with Crippen LogP contribution in [0.3, 0.4) is 0 Å². The first-order valence-corrected chi connectivity index (χ1v) is 11.3. The molecule has 0 atom stereocenters. The van der Waals surface area contributed by atoms with Crippen LogP contribution in [0.15, 0.2) is 36.4 Å². The smallest absolute Gasteiger partial charge is 0.218 e. The minimum absolute atomic E-state index is 0.0385. The average molecular weight is 418 g/mol. The first kappa shape index (κ1) is 20.7. The van der Waals surface area contributed by atoms with E-state index in [4.69, 9.17) is 12.2 Å². The standard InChI is InChI=1S/C20H24N4O2S2/c1-16-12-17(2)24(20(27)19(16)13-21)15-22-8-10-23(11-9-22)28(25,26)14-18-6-4-3-5-7-18/h3-7,12H,8-11,14-15H2,1-2H3/p+1. The number of sulfonamides is 1. The van der Waals surface area contributed by atoms with Crippen LogP contribution >= 0.6 is 12.2 Å². The van der Waals surface area contributed by atoms with Gasteiger partial charge in [0.1, 0.15) is 10.7 Å². The van der Waals surface area contributed by atoms with Crippen LogP contribution in [0.1, 0.15) is 22.4 Å². The van der Waals surface area contributed by atoms with E-state index in [0.29, 0.717) is 43.1 Å². The molecule has 1 aliphatic rings. The van der Waals surface area contributed by atoms with Crippen LogP contribution in [-0.2, 0) is 22.4 Å². The van der Waals surface area contributed by atoms with Gasteiger partial charge in [-0.25, -0.2) is 8.42 Å². The number of hydrogen-bond donors (Lipinski definition) is 1. The van der Waals surface area contributed by atoms with E-state index in [1.165, 1.54) is 4.90 Å². The van der Waals surface area contributed by atoms with Gasteiger partial charge >= 0.3 is 0 Å². The Hall–Kier alpha value is -2.05. The molecule has 148 valence electrons. The second-order valence-corrected chi connectivity index (χ2v) is 9.59. The van der Waals surface area contributed by atoms with Crippen LogP contribution in [0.5, 0.6) is 0 Å². The van der Waals surface area contributed by atoms with Crippen molar-refractivity contribution in [2.45, 2.75) is 26.3 Å². The number of benzene rings is 1. The van der Waals surface area contributed by atoms with Gasteiger partial charge in [0.05, 0.1) is 37.5 Å². The molecule has 1 fully saturated rings. The van der Waals surface area contributed by atoms with E-state index < -0.39 is 10.0 Å². The Labute approximate surface area is 171 Å². The van der Waals surface area contributed by atoms with Gasteiger partial charge in [0.2, 0.25) is 10.0 Å². The van der Waals surface area contributed by atoms with Crippen molar-refractivity contribution < 1.29 is 13.3 Å². The first-order chi connectivity index (χ1) is 13.3. The molecule has 1 aromatic carbocycles. The van der Waals surface area contributed by atoms with Crippen molar-refractivity contribution in [3.05, 3.63) is 63.4 Å². The molecule has 0 radical (unpaired) electrons. The van der Waals surface area contributed by atoms with E-state index in [9.17, 15) is 13.7 Å². The predicted octanol–water partition coefficient (Wildman–Crippen LogP) is 1.39. The molecule has 2 heterocycles. The van der Waals surface area contributed by atoms with Crippen LogP contribution in [0.2, 0.25) is 0 Å². The summed E-state index contributed by atoms with van der Waals surface area (Å²) < 4.78 is 29.6. The second kappa shape index (κ2) is 8.53. The van der Waals surface area contributed by atoms with Crippen molar-refractivity contribution in [2.24, 2.45) is 0 Å². The Kier molecular flexibility index (Phi) is 6.30. The van der Waals surface area contributed by atoms with Gasteiger partial charge in [-0.3, -0.25) is 4.57 Å². The fourth-order valence-corrected chi connectivity index (χ4v) is 5.55. The van der Waals surface area contributed by atoms with E-state index in [0.717, 1.165) is 16.8 Å². The summed E-state index contributed by atoms with van der Waals surface area (Å²) in [5.41, 5.74) is 3.27. The summed E-state index contributed by atoms with van der Waals surface area (Å²) in [5, 5.41) is 9.36. The SMILES string of the molecule is Cc1cc(C)n(C[NH+]2CCN(S(=O)(=O)Cc3ccccc3)CC2)c(=S)c1C#N. The fourth-order valence-electron chi connectivity index (χ4n) is 3.60. The van der Waals surface area contributed by atoms with Crippen LogP contribution in [-0.4, -0.2) is 43.5 Å². The predicted molar refractivity (Wildman–Crippen MR) is 111 cm³/mol. The normalized spacial score (nSPS) is 16.0. The van der Waals surface area contributed by atoms with Gasteiger partial charge in [-0.1, -0.05) is 42.5 Å². The lowest BCUT2D eigenvalue weighted by Crippen LogP contribution is -3.14. The lowest BCUT2D eigenvalue weighted by Gasteiger charge is -2.32. The molecule has 3 rings (SSSR count). The van der Waals surface area contributed by atoms with Crippen LogP contribution < -0.4 is 4.90 Å². The van der Waals surface area contributed by atoms with Crippen LogP contribution in [0.25, 0.3) is 0 Å². The first-order valence-electron chi connectivity index (χ1n) is 9.28. The van der Waals surface area contributed by atoms with E-state index in [2.05, 4.69) is 6.07 Å². The molecule has 0 spiro atoms. The zero-order valence-corrected chi connectivity index (χ0v) is 17.8. The number of hydrogen-bond acceptors (Lipinski definition) is 4. The largest absolute Gasteiger partial charge is 0.315 e. The Morgan fingerprint density at radius 1 is 1.18 bits per heavy atom. The molecule has 8 heteroatoms. The highest BCUT2D eigenvalue weighted by Crippen LogP contribution is 2.13. The van der Waals surface area contributed by atoms with E-state index in [-0.39, 0.29) is 5.75 Å². The summed E-state index contributed by atoms with van der Waals surface area (Å²) in [4.78, 5) is 1.26. The number of rotatable bonds is 5. The molecule has 0 bridgehead atoms. The third-order valence-electron chi connectivity index (χ3n) is 5.21. The van der Waals surface area contributed by atoms with Crippen LogP contribution in [0, 0.1) is 29.8 Å². The minimum Gasteiger partial charge on any atom is -0.315 e. The highest BCUT2D eigenvalue weighted by Gasteiger charge is 2.29. The van der Waals surface area contributed by atoms with Crippen LogP contribution in [0.4, 0.5) is 0 Å². The lowest BCUT2D eigenvalue weighted by atomic mass is 10.1. The Morgan fingerprint density at radius 2 is 1.82 bits per heavy atom. The van der Waals surface area contributed by atoms with Crippen molar-refractivity contribution in [3.8, 4) is 6.07 Å². The number of nitriles is 1. The van der Waals surface area contributed by atoms with E-state index >= 15 is 0 Å². The van der Waals surface area contributed by atoms with E-state index in [1.807, 2.05) is 54.8 Å². The van der Waals surface area contributed by atoms with Crippen molar-refractivity contribution in [2.75, 3.05) is 26.2 Å². The highest BCUT2D eigenvalue weighted by atomic mass is 32.2. The maximum absolute atomic E-state index is 12.7. The maximum Gasteiger partial charge on any atom is 0.218 e. The molecule has 0 unspecified atom stereocenters. The maximum atomic E-state index is 12.7. The molecule has 0 aliphatic carbocycles. The topological polar surface area (TPSA) is 70.5 Å². The number of quaternary nitrogens is 1. The molecule has 1 saturated heterocycles. The zero-order chi connectivity index (χ0) is 20.3. The molecule has 1 N–H and O–H groups in total. The number of piperazine rings is 1. The van der Waals surface area contributed by atoms with Crippen molar-refractivity contribution in [1.82, 2.24) is 8.87 Å². The summed E-state index contributed by atoms with van der Waals surface area (Å²) in [6.45, 7) is 6.95. The Bertz CT molecular complexity index is 1050. The van der Waals surface area contributed by atoms with Crippen molar-refractivity contribution in [1.29, 1.82) is 5.26 Å². The number of aromatic nitrogens is 1. The minimum atomic E-state index is -3.32. The van der Waals surface area contributed by atoms with Gasteiger partial charge in [0, 0.05) is 5.69 Å². The summed E-state index contributed by atoms with van der Waals surface area (Å²) >= 11 is 5.51. The van der Waals surface area contributed by atoms with E-state index in [1.54, 1.807) is 4.31 Å². The number of aryl methyl sites for hydroxylation is 2. The fraction of sp³-hybridized carbons (Fsp3) is 0.400. The Morgan fingerprint density at radius 3 is 2.43 bits per heavy atom. The van der Waals surface area contributed by atoms with Gasteiger partial charge in [0.15, 0.2) is 6.67 Å². The quantitative estimate of drug-likeness (QED) is 0.747. The summed E-state index contributed by atoms with van der Waals surface area (Å²) in [7, 11) is -3.32. The number of pyridine rings is 1. The molecule has 1 aliphatic heterocycles. The third kappa shape index (κ3) is 4.50. The molecule has 2 aromatic rings. The van der Waals surface area contributed by atoms with Gasteiger partial charge in [-0.05, 0) is 31.0 Å². The molecule has 28 heavy (non-hydrogen) atoms. The van der Waals surface area contributed by atoms with Gasteiger partial charge < -0.3 is 4.90 Å². The molecule has 0 saturated carbocycles. The zero-order valence-electron chi connectivity index (χ0n) is 16.2.